The molecule has 0 heterocycles. The van der Waals surface area contributed by atoms with Gasteiger partial charge in [0.25, 0.3) is 5.91 Å². The van der Waals surface area contributed by atoms with Crippen LogP contribution in [0.15, 0.2) is 29.3 Å². The number of unbranched alkanes of at least 4 members (excludes halogenated alkanes) is 1. The lowest BCUT2D eigenvalue weighted by atomic mass is 10.1. The molecule has 0 atom stereocenters. The lowest BCUT2D eigenvalue weighted by Crippen LogP contribution is -2.38. The molecule has 1 aliphatic rings. The van der Waals surface area contributed by atoms with E-state index in [0.29, 0.717) is 18.2 Å². The zero-order chi connectivity index (χ0) is 16.5. The van der Waals surface area contributed by atoms with Gasteiger partial charge in [0, 0.05) is 24.7 Å². The molecule has 0 radical (unpaired) electrons. The van der Waals surface area contributed by atoms with E-state index in [9.17, 15) is 4.79 Å². The van der Waals surface area contributed by atoms with Crippen LogP contribution in [0.25, 0.3) is 0 Å². The van der Waals surface area contributed by atoms with Crippen LogP contribution in [0.4, 0.5) is 0 Å². The minimum atomic E-state index is -0.00256. The summed E-state index contributed by atoms with van der Waals surface area (Å²) >= 11 is 0. The molecule has 5 nitrogen and oxygen atoms in total. The van der Waals surface area contributed by atoms with Gasteiger partial charge < -0.3 is 16.0 Å². The molecule has 126 valence electrons. The third-order valence-corrected chi connectivity index (χ3v) is 3.71. The Balaban J connectivity index is 1.86. The maximum atomic E-state index is 12.0. The molecule has 0 saturated heterocycles. The number of carbonyl (C=O) groups excluding carboxylic acids is 1. The van der Waals surface area contributed by atoms with E-state index in [1.165, 1.54) is 12.8 Å². The van der Waals surface area contributed by atoms with Gasteiger partial charge in [-0.15, -0.1) is 0 Å². The topological polar surface area (TPSA) is 65.5 Å². The number of nitrogens with zero attached hydrogens (tertiary/aromatic N) is 1. The Morgan fingerprint density at radius 2 is 1.91 bits per heavy atom. The van der Waals surface area contributed by atoms with Crippen LogP contribution in [0.5, 0.6) is 0 Å². The normalized spacial score (nSPS) is 14.4. The predicted molar refractivity (Wildman–Crippen MR) is 94.7 cm³/mol. The van der Waals surface area contributed by atoms with Crippen molar-refractivity contribution >= 4 is 11.9 Å². The van der Waals surface area contributed by atoms with Crippen molar-refractivity contribution in [3.8, 4) is 0 Å². The molecule has 2 rings (SSSR count). The maximum absolute atomic E-state index is 12.0. The van der Waals surface area contributed by atoms with E-state index in [2.05, 4.69) is 34.8 Å². The Hall–Kier alpha value is -2.04. The van der Waals surface area contributed by atoms with Crippen LogP contribution in [0, 0.1) is 0 Å². The van der Waals surface area contributed by atoms with Crippen molar-refractivity contribution < 1.29 is 4.79 Å². The summed E-state index contributed by atoms with van der Waals surface area (Å²) in [5, 5.41) is 9.58. The molecule has 0 bridgehead atoms. The van der Waals surface area contributed by atoms with Gasteiger partial charge >= 0.3 is 0 Å². The Labute approximate surface area is 139 Å². The fourth-order valence-electron chi connectivity index (χ4n) is 2.15. The molecule has 1 fully saturated rings. The van der Waals surface area contributed by atoms with Crippen molar-refractivity contribution in [3.63, 3.8) is 0 Å². The van der Waals surface area contributed by atoms with Gasteiger partial charge in [-0.05, 0) is 43.9 Å². The lowest BCUT2D eigenvalue weighted by Gasteiger charge is -2.10. The fraction of sp³-hybridized carbons (Fsp3) is 0.556. The number of hydrogen-bond donors (Lipinski definition) is 3. The van der Waals surface area contributed by atoms with Crippen LogP contribution in [0.2, 0.25) is 0 Å². The minimum absolute atomic E-state index is 0.00256. The van der Waals surface area contributed by atoms with Crippen molar-refractivity contribution in [2.24, 2.45) is 4.99 Å². The molecule has 3 N–H and O–H groups in total. The van der Waals surface area contributed by atoms with E-state index in [0.717, 1.165) is 37.5 Å². The summed E-state index contributed by atoms with van der Waals surface area (Å²) in [4.78, 5) is 16.5. The van der Waals surface area contributed by atoms with Crippen LogP contribution in [-0.2, 0) is 6.54 Å². The van der Waals surface area contributed by atoms with Gasteiger partial charge in [-0.2, -0.15) is 0 Å². The second kappa shape index (κ2) is 9.18. The first kappa shape index (κ1) is 17.3. The molecule has 1 aromatic rings. The molecule has 5 heteroatoms. The highest BCUT2D eigenvalue weighted by atomic mass is 16.1. The number of carbonyl (C=O) groups is 1. The SMILES string of the molecule is CCCCNC(=O)c1ccc(CN=C(NCC)NC2CC2)cc1. The van der Waals surface area contributed by atoms with Crippen LogP contribution >= 0.6 is 0 Å². The van der Waals surface area contributed by atoms with Gasteiger partial charge in [-0.3, -0.25) is 4.79 Å². The van der Waals surface area contributed by atoms with Gasteiger partial charge in [0.15, 0.2) is 5.96 Å². The largest absolute Gasteiger partial charge is 0.357 e. The van der Waals surface area contributed by atoms with Gasteiger partial charge in [-0.1, -0.05) is 25.5 Å². The molecule has 1 amide bonds. The van der Waals surface area contributed by atoms with Crippen LogP contribution in [0.1, 0.15) is 55.5 Å². The first-order valence-electron chi connectivity index (χ1n) is 8.65. The van der Waals surface area contributed by atoms with E-state index in [4.69, 9.17) is 0 Å². The molecule has 23 heavy (non-hydrogen) atoms. The zero-order valence-electron chi connectivity index (χ0n) is 14.2. The average molecular weight is 316 g/mol. The third kappa shape index (κ3) is 6.30. The Morgan fingerprint density at radius 3 is 2.52 bits per heavy atom. The average Bonchev–Trinajstić information content (AvgIpc) is 3.37. The number of rotatable bonds is 8. The van der Waals surface area contributed by atoms with Crippen molar-refractivity contribution in [2.45, 2.75) is 52.1 Å². The van der Waals surface area contributed by atoms with E-state index in [1.54, 1.807) is 0 Å². The number of aliphatic imine (C=N–C) groups is 1. The van der Waals surface area contributed by atoms with E-state index < -0.39 is 0 Å². The highest BCUT2D eigenvalue weighted by Crippen LogP contribution is 2.18. The third-order valence-electron chi connectivity index (χ3n) is 3.71. The molecule has 1 aromatic carbocycles. The smallest absolute Gasteiger partial charge is 0.251 e. The van der Waals surface area contributed by atoms with Crippen molar-refractivity contribution in [1.82, 2.24) is 16.0 Å². The van der Waals surface area contributed by atoms with Gasteiger partial charge in [0.05, 0.1) is 6.54 Å². The molecular formula is C18H28N4O. The second-order valence-electron chi connectivity index (χ2n) is 5.92. The summed E-state index contributed by atoms with van der Waals surface area (Å²) in [6.07, 6.45) is 4.55. The van der Waals surface area contributed by atoms with E-state index in [-0.39, 0.29) is 5.91 Å². The predicted octanol–water partition coefficient (Wildman–Crippen LogP) is 2.43. The maximum Gasteiger partial charge on any atom is 0.251 e. The number of guanidine groups is 1. The van der Waals surface area contributed by atoms with Crippen LogP contribution in [0.3, 0.4) is 0 Å². The molecular weight excluding hydrogens is 288 g/mol. The number of nitrogens with one attached hydrogen (secondary N) is 3. The van der Waals surface area contributed by atoms with Crippen LogP contribution in [-0.4, -0.2) is 31.0 Å². The molecule has 0 spiro atoms. The van der Waals surface area contributed by atoms with Crippen LogP contribution < -0.4 is 16.0 Å². The minimum Gasteiger partial charge on any atom is -0.357 e. The number of amides is 1. The second-order valence-corrected chi connectivity index (χ2v) is 5.92. The monoisotopic (exact) mass is 316 g/mol. The first-order chi connectivity index (χ1) is 11.2. The lowest BCUT2D eigenvalue weighted by molar-refractivity contribution is 0.0953. The van der Waals surface area contributed by atoms with E-state index in [1.807, 2.05) is 24.3 Å². The van der Waals surface area contributed by atoms with E-state index >= 15 is 0 Å². The Morgan fingerprint density at radius 1 is 1.17 bits per heavy atom. The van der Waals surface area contributed by atoms with Crippen molar-refractivity contribution in [3.05, 3.63) is 35.4 Å². The van der Waals surface area contributed by atoms with Crippen molar-refractivity contribution in [2.75, 3.05) is 13.1 Å². The molecule has 1 aliphatic carbocycles. The van der Waals surface area contributed by atoms with Gasteiger partial charge in [0.1, 0.15) is 0 Å². The molecule has 0 aliphatic heterocycles. The first-order valence-corrected chi connectivity index (χ1v) is 8.65. The number of benzene rings is 1. The summed E-state index contributed by atoms with van der Waals surface area (Å²) in [5.74, 6) is 0.869. The summed E-state index contributed by atoms with van der Waals surface area (Å²) < 4.78 is 0. The molecule has 0 aromatic heterocycles. The van der Waals surface area contributed by atoms with Gasteiger partial charge in [0.2, 0.25) is 0 Å². The Bertz CT molecular complexity index is 520. The fourth-order valence-corrected chi connectivity index (χ4v) is 2.15. The Kier molecular flexibility index (Phi) is 6.91. The molecule has 1 saturated carbocycles. The standard InChI is InChI=1S/C18H28N4O/c1-3-5-12-20-17(23)15-8-6-14(7-9-15)13-21-18(19-4-2)22-16-10-11-16/h6-9,16H,3-5,10-13H2,1-2H3,(H,20,23)(H2,19,21,22). The van der Waals surface area contributed by atoms with Crippen molar-refractivity contribution in [1.29, 1.82) is 0 Å². The summed E-state index contributed by atoms with van der Waals surface area (Å²) in [6.45, 7) is 6.38. The molecule has 0 unspecified atom stereocenters. The summed E-state index contributed by atoms with van der Waals surface area (Å²) in [6, 6.07) is 8.26. The van der Waals surface area contributed by atoms with Gasteiger partial charge in [-0.25, -0.2) is 4.99 Å². The highest BCUT2D eigenvalue weighted by molar-refractivity contribution is 5.94. The summed E-state index contributed by atoms with van der Waals surface area (Å²) in [7, 11) is 0. The quantitative estimate of drug-likeness (QED) is 0.392. The summed E-state index contributed by atoms with van der Waals surface area (Å²) in [5.41, 5.74) is 1.81. The zero-order valence-corrected chi connectivity index (χ0v) is 14.2. The number of hydrogen-bond acceptors (Lipinski definition) is 2. The highest BCUT2D eigenvalue weighted by Gasteiger charge is 2.21.